The number of primary amides is 1. The van der Waals surface area contributed by atoms with Crippen molar-refractivity contribution in [3.63, 3.8) is 0 Å². The molecule has 4 heteroatoms. The Kier molecular flexibility index (Phi) is 5.21. The van der Waals surface area contributed by atoms with Gasteiger partial charge in [-0.1, -0.05) is 36.8 Å². The van der Waals surface area contributed by atoms with Gasteiger partial charge in [0.15, 0.2) is 0 Å². The molecule has 2 N–H and O–H groups in total. The summed E-state index contributed by atoms with van der Waals surface area (Å²) in [7, 11) is 0. The molecular formula is C15H22N2O2. The van der Waals surface area contributed by atoms with Crippen LogP contribution in [0.1, 0.15) is 37.3 Å². The van der Waals surface area contributed by atoms with Crippen molar-refractivity contribution in [2.45, 2.75) is 31.7 Å². The molecule has 0 bridgehead atoms. The zero-order chi connectivity index (χ0) is 13.5. The Hall–Kier alpha value is -1.55. The van der Waals surface area contributed by atoms with Crippen LogP contribution in [-0.2, 0) is 4.74 Å². The SMILES string of the molecule is NC(=O)OCCC(c1ccccc1)N1CCCCC1. The van der Waals surface area contributed by atoms with E-state index in [4.69, 9.17) is 10.5 Å². The van der Waals surface area contributed by atoms with E-state index in [1.165, 1.54) is 24.8 Å². The highest BCUT2D eigenvalue weighted by atomic mass is 16.5. The van der Waals surface area contributed by atoms with Crippen LogP contribution < -0.4 is 5.73 Å². The van der Waals surface area contributed by atoms with Crippen LogP contribution in [0.3, 0.4) is 0 Å². The van der Waals surface area contributed by atoms with Crippen molar-refractivity contribution in [2.75, 3.05) is 19.7 Å². The van der Waals surface area contributed by atoms with Crippen LogP contribution in [0, 0.1) is 0 Å². The molecule has 1 aliphatic rings. The average Bonchev–Trinajstić information content (AvgIpc) is 2.45. The molecule has 1 fully saturated rings. The third-order valence-corrected chi connectivity index (χ3v) is 3.65. The fourth-order valence-corrected chi connectivity index (χ4v) is 2.74. The summed E-state index contributed by atoms with van der Waals surface area (Å²) in [5, 5.41) is 0. The van der Waals surface area contributed by atoms with E-state index >= 15 is 0 Å². The molecule has 1 unspecified atom stereocenters. The lowest BCUT2D eigenvalue weighted by atomic mass is 9.99. The second-order valence-corrected chi connectivity index (χ2v) is 4.98. The van der Waals surface area contributed by atoms with E-state index in [1.807, 2.05) is 6.07 Å². The molecular weight excluding hydrogens is 240 g/mol. The number of hydrogen-bond donors (Lipinski definition) is 1. The van der Waals surface area contributed by atoms with Gasteiger partial charge in [-0.3, -0.25) is 4.90 Å². The fourth-order valence-electron chi connectivity index (χ4n) is 2.74. The lowest BCUT2D eigenvalue weighted by Crippen LogP contribution is -2.34. The molecule has 1 aromatic rings. The van der Waals surface area contributed by atoms with E-state index in [0.717, 1.165) is 19.5 Å². The molecule has 1 heterocycles. The van der Waals surface area contributed by atoms with E-state index in [9.17, 15) is 4.79 Å². The van der Waals surface area contributed by atoms with Gasteiger partial charge in [-0.2, -0.15) is 0 Å². The number of piperidine rings is 1. The van der Waals surface area contributed by atoms with Gasteiger partial charge in [0, 0.05) is 12.5 Å². The number of hydrogen-bond acceptors (Lipinski definition) is 3. The quantitative estimate of drug-likeness (QED) is 0.887. The molecule has 1 amide bonds. The minimum atomic E-state index is -0.689. The van der Waals surface area contributed by atoms with Gasteiger partial charge in [-0.15, -0.1) is 0 Å². The topological polar surface area (TPSA) is 55.6 Å². The monoisotopic (exact) mass is 262 g/mol. The Labute approximate surface area is 114 Å². The maximum Gasteiger partial charge on any atom is 0.404 e. The maximum atomic E-state index is 10.7. The lowest BCUT2D eigenvalue weighted by molar-refractivity contribution is 0.114. The van der Waals surface area contributed by atoms with Gasteiger partial charge in [0.1, 0.15) is 0 Å². The van der Waals surface area contributed by atoms with E-state index < -0.39 is 6.09 Å². The summed E-state index contributed by atoms with van der Waals surface area (Å²) in [4.78, 5) is 13.2. The summed E-state index contributed by atoms with van der Waals surface area (Å²) < 4.78 is 4.90. The Bertz CT molecular complexity index is 388. The summed E-state index contributed by atoms with van der Waals surface area (Å²) in [6, 6.07) is 10.7. The van der Waals surface area contributed by atoms with Crippen molar-refractivity contribution in [1.29, 1.82) is 0 Å². The normalized spacial score (nSPS) is 17.9. The minimum Gasteiger partial charge on any atom is -0.450 e. The van der Waals surface area contributed by atoms with Crippen molar-refractivity contribution in [1.82, 2.24) is 4.90 Å². The molecule has 4 nitrogen and oxygen atoms in total. The number of rotatable bonds is 5. The van der Waals surface area contributed by atoms with Crippen molar-refractivity contribution in [2.24, 2.45) is 5.73 Å². The highest BCUT2D eigenvalue weighted by Crippen LogP contribution is 2.27. The van der Waals surface area contributed by atoms with E-state index in [-0.39, 0.29) is 0 Å². The minimum absolute atomic E-state index is 0.320. The van der Waals surface area contributed by atoms with Crippen LogP contribution in [0.25, 0.3) is 0 Å². The summed E-state index contributed by atoms with van der Waals surface area (Å²) in [5.41, 5.74) is 6.31. The number of amides is 1. The van der Waals surface area contributed by atoms with Crippen molar-refractivity contribution < 1.29 is 9.53 Å². The molecule has 1 saturated heterocycles. The Morgan fingerprint density at radius 1 is 1.21 bits per heavy atom. The zero-order valence-electron chi connectivity index (χ0n) is 11.3. The van der Waals surface area contributed by atoms with Crippen molar-refractivity contribution in [3.05, 3.63) is 35.9 Å². The molecule has 19 heavy (non-hydrogen) atoms. The molecule has 1 atom stereocenters. The van der Waals surface area contributed by atoms with Crippen LogP contribution in [0.2, 0.25) is 0 Å². The van der Waals surface area contributed by atoms with Crippen LogP contribution in [0.5, 0.6) is 0 Å². The van der Waals surface area contributed by atoms with Gasteiger partial charge in [-0.25, -0.2) is 4.79 Å². The Morgan fingerprint density at radius 2 is 1.89 bits per heavy atom. The fraction of sp³-hybridized carbons (Fsp3) is 0.533. The number of carbonyl (C=O) groups excluding carboxylic acids is 1. The smallest absolute Gasteiger partial charge is 0.404 e. The van der Waals surface area contributed by atoms with Gasteiger partial charge in [0.05, 0.1) is 6.61 Å². The third-order valence-electron chi connectivity index (χ3n) is 3.65. The molecule has 104 valence electrons. The Balaban J connectivity index is 2.01. The average molecular weight is 262 g/mol. The first kappa shape index (κ1) is 13.9. The maximum absolute atomic E-state index is 10.7. The predicted octanol–water partition coefficient (Wildman–Crippen LogP) is 2.70. The summed E-state index contributed by atoms with van der Waals surface area (Å²) in [6.45, 7) is 2.62. The molecule has 1 aromatic carbocycles. The second kappa shape index (κ2) is 7.14. The molecule has 0 aliphatic carbocycles. The lowest BCUT2D eigenvalue weighted by Gasteiger charge is -2.34. The molecule has 0 radical (unpaired) electrons. The number of ether oxygens (including phenoxy) is 1. The third kappa shape index (κ3) is 4.24. The van der Waals surface area contributed by atoms with E-state index in [2.05, 4.69) is 29.2 Å². The summed E-state index contributed by atoms with van der Waals surface area (Å²) in [6.07, 6.45) is 3.92. The van der Waals surface area contributed by atoms with Gasteiger partial charge >= 0.3 is 6.09 Å². The number of benzene rings is 1. The van der Waals surface area contributed by atoms with Gasteiger partial charge in [-0.05, 0) is 31.5 Å². The van der Waals surface area contributed by atoms with Crippen LogP contribution in [0.15, 0.2) is 30.3 Å². The van der Waals surface area contributed by atoms with E-state index in [1.54, 1.807) is 0 Å². The predicted molar refractivity (Wildman–Crippen MR) is 74.8 cm³/mol. The second-order valence-electron chi connectivity index (χ2n) is 4.98. The largest absolute Gasteiger partial charge is 0.450 e. The molecule has 0 saturated carbocycles. The van der Waals surface area contributed by atoms with E-state index in [0.29, 0.717) is 12.6 Å². The number of carbonyl (C=O) groups is 1. The molecule has 0 aromatic heterocycles. The summed E-state index contributed by atoms with van der Waals surface area (Å²) in [5.74, 6) is 0. The van der Waals surface area contributed by atoms with Crippen LogP contribution >= 0.6 is 0 Å². The van der Waals surface area contributed by atoms with Crippen LogP contribution in [0.4, 0.5) is 4.79 Å². The highest BCUT2D eigenvalue weighted by molar-refractivity contribution is 5.64. The molecule has 0 spiro atoms. The zero-order valence-corrected chi connectivity index (χ0v) is 11.3. The summed E-state index contributed by atoms with van der Waals surface area (Å²) >= 11 is 0. The first-order valence-corrected chi connectivity index (χ1v) is 6.98. The number of likely N-dealkylation sites (tertiary alicyclic amines) is 1. The molecule has 2 rings (SSSR count). The van der Waals surface area contributed by atoms with Gasteiger partial charge in [0.25, 0.3) is 0 Å². The standard InChI is InChI=1S/C15H22N2O2/c16-15(18)19-12-9-14(13-7-3-1-4-8-13)17-10-5-2-6-11-17/h1,3-4,7-8,14H,2,5-6,9-12H2,(H2,16,18). The Morgan fingerprint density at radius 3 is 2.53 bits per heavy atom. The van der Waals surface area contributed by atoms with Gasteiger partial charge < -0.3 is 10.5 Å². The number of nitrogens with zero attached hydrogens (tertiary/aromatic N) is 1. The molecule has 1 aliphatic heterocycles. The first-order valence-electron chi connectivity index (χ1n) is 6.98. The van der Waals surface area contributed by atoms with Crippen molar-refractivity contribution >= 4 is 6.09 Å². The van der Waals surface area contributed by atoms with Crippen LogP contribution in [-0.4, -0.2) is 30.7 Å². The highest BCUT2D eigenvalue weighted by Gasteiger charge is 2.22. The van der Waals surface area contributed by atoms with Crippen molar-refractivity contribution in [3.8, 4) is 0 Å². The first-order chi connectivity index (χ1) is 9.27. The number of nitrogens with two attached hydrogens (primary N) is 1. The van der Waals surface area contributed by atoms with Gasteiger partial charge in [0.2, 0.25) is 0 Å².